The minimum absolute atomic E-state index is 0.0195. The third kappa shape index (κ3) is 36.0. The Balaban J connectivity index is 0.000000307. The maximum Gasteiger partial charge on any atom is 0.374 e. The number of esters is 2. The fraction of sp³-hybridized carbons (Fsp3) is 0.464. The molecule has 0 bridgehead atoms. The molecule has 4 aliphatic rings. The number of hydrazine groups is 1. The highest BCUT2D eigenvalue weighted by Gasteiger charge is 2.37. The van der Waals surface area contributed by atoms with E-state index in [1.807, 2.05) is 89.2 Å². The predicted octanol–water partition coefficient (Wildman–Crippen LogP) is 13.7. The van der Waals surface area contributed by atoms with Crippen LogP contribution in [0.15, 0.2) is 172 Å². The number of ether oxygens (including phenoxy) is 2. The number of hydrazone groups is 1. The van der Waals surface area contributed by atoms with Crippen LogP contribution in [0.4, 0.5) is 34.1 Å². The number of nitrogens with one attached hydrogen (secondary N) is 6. The molecule has 146 heavy (non-hydrogen) atoms. The van der Waals surface area contributed by atoms with Crippen LogP contribution in [-0.4, -0.2) is 173 Å². The number of aromatic hydroxyl groups is 3. The number of fused-ring (bicyclic) bond motifs is 4. The molecule has 3 aromatic heterocycles. The molecule has 7 heterocycles. The molecule has 0 spiro atoms. The van der Waals surface area contributed by atoms with Gasteiger partial charge in [-0.25, -0.2) is 23.6 Å². The van der Waals surface area contributed by atoms with Crippen molar-refractivity contribution in [1.29, 1.82) is 0 Å². The van der Waals surface area contributed by atoms with Crippen molar-refractivity contribution in [2.24, 2.45) is 70.0 Å². The zero-order valence-electron chi connectivity index (χ0n) is 85.9. The minimum atomic E-state index is -4.36. The lowest BCUT2D eigenvalue weighted by atomic mass is 10.1. The number of halogens is 1. The van der Waals surface area contributed by atoms with Crippen LogP contribution < -0.4 is 60.4 Å². The topological polar surface area (TPSA) is 655 Å². The number of amidine groups is 4. The van der Waals surface area contributed by atoms with Crippen molar-refractivity contribution in [3.8, 4) is 17.2 Å². The monoisotopic (exact) mass is 2130 g/mol. The van der Waals surface area contributed by atoms with Crippen LogP contribution in [0.1, 0.15) is 253 Å². The van der Waals surface area contributed by atoms with Crippen molar-refractivity contribution in [3.63, 3.8) is 0 Å². The van der Waals surface area contributed by atoms with Gasteiger partial charge in [0, 0.05) is 85.7 Å². The first-order valence-corrected chi connectivity index (χ1v) is 53.3. The van der Waals surface area contributed by atoms with E-state index in [4.69, 9.17) is 33.0 Å². The van der Waals surface area contributed by atoms with Crippen molar-refractivity contribution in [2.75, 3.05) is 53.3 Å². The number of nitrogens with two attached hydrogens (primary N) is 2. The van der Waals surface area contributed by atoms with Gasteiger partial charge in [0.15, 0.2) is 34.8 Å². The number of benzene rings is 5. The van der Waals surface area contributed by atoms with Crippen molar-refractivity contribution < 1.29 is 92.5 Å². The van der Waals surface area contributed by atoms with Gasteiger partial charge in [-0.15, -0.1) is 17.6 Å². The maximum absolute atomic E-state index is 13.1. The number of nitrogen functional groups attached to an aromatic ring is 1. The van der Waals surface area contributed by atoms with Crippen molar-refractivity contribution in [1.82, 2.24) is 40.2 Å². The number of carboxylic acids is 1. The van der Waals surface area contributed by atoms with E-state index in [-0.39, 0.29) is 143 Å². The standard InChI is InChI=1S/C19H23N5O6S.C19H25N5O4S.C19H24N4O4S.C12H24N2O2.C9H8N2O4S.C7H5ClO.C7H12O3.C5H14N2/c1-10(2)7-8-23-19(26)15(17(25)16(21-23)11(3)4)18-20-13-6-5-12(24(27)28)9-14(13)31(29,30)22-18;1-10(2)7-8-24-19(26)15(17(25)16(22-24)11(3)4)18-21-13-6-5-12(20)9-14(13)29(27,28)23-18;1-11(2)9-10-23-19(25)15(17(24)16(21-23)12(3)4)18-20-13-7-5-6-8-14(13)28(26,27)22-18;1-6-16-12(15)11(10(4)5)14-13-8-7-9(2)3;12-9(13)5-8-10-6-3-1-2-4-7(6)16(14,15)11-8;8-7(9)6-4-2-1-3-5-6;1-4-10-7(9)6(8)5(2)3;1-5(2)3-4-7-6/h5-6,9-11,25H,7-8H2,1-4H3,(H,20,22);5-6,9-11,25H,7-8,20H2,1-4H3,(H,21,23);5-8,11-12,24H,9-10H2,1-4H3,(H,20,22);9-10,13H,6-8H2,1-5H3;1-4H,5H2,(H,10,11)(H,12,13);1-5H;5H,4H2,1-3H3;5,7H,3-4,6H2,1-2H3/b;;;14-11-;;;;. The number of aryl methyl sites for hydroxylation is 3. The van der Waals surface area contributed by atoms with Crippen LogP contribution in [0.2, 0.25) is 0 Å². The van der Waals surface area contributed by atoms with Crippen molar-refractivity contribution in [3.05, 3.63) is 196 Å². The van der Waals surface area contributed by atoms with Gasteiger partial charge in [-0.1, -0.05) is 193 Å². The Bertz CT molecular complexity index is 6820. The summed E-state index contributed by atoms with van der Waals surface area (Å²) in [5.74, 6) is 1.95. The van der Waals surface area contributed by atoms with Gasteiger partial charge in [0.2, 0.25) is 5.78 Å². The Morgan fingerprint density at radius 1 is 0.466 bits per heavy atom. The summed E-state index contributed by atoms with van der Waals surface area (Å²) >= 11 is 5.16. The number of hydrogen-bond acceptors (Lipinski definition) is 35. The van der Waals surface area contributed by atoms with Gasteiger partial charge in [-0.3, -0.25) is 50.2 Å². The molecule has 0 saturated carbocycles. The predicted molar refractivity (Wildman–Crippen MR) is 562 cm³/mol. The van der Waals surface area contributed by atoms with Crippen molar-refractivity contribution >= 4 is 144 Å². The fourth-order valence-electron chi connectivity index (χ4n) is 12.9. The molecule has 0 atom stereocenters. The number of nitro groups is 1. The second-order valence-corrected chi connectivity index (χ2v) is 43.5. The molecular weight excluding hydrogens is 1990 g/mol. The Morgan fingerprint density at radius 3 is 1.16 bits per heavy atom. The quantitative estimate of drug-likeness (QED) is 0.00214. The Labute approximate surface area is 855 Å². The molecule has 0 unspecified atom stereocenters. The van der Waals surface area contributed by atoms with Crippen LogP contribution in [0.3, 0.4) is 0 Å². The molecule has 0 aliphatic carbocycles. The van der Waals surface area contributed by atoms with Gasteiger partial charge in [0.1, 0.15) is 71.3 Å². The van der Waals surface area contributed by atoms with Gasteiger partial charge in [-0.2, -0.15) is 54.1 Å². The highest BCUT2D eigenvalue weighted by atomic mass is 35.5. The average Bonchev–Trinajstić information content (AvgIpc) is 0.755. The number of carbonyl (C=O) groups is 5. The lowest BCUT2D eigenvalue weighted by Crippen LogP contribution is -2.35. The number of sulfonamides is 4. The summed E-state index contributed by atoms with van der Waals surface area (Å²) in [4.78, 5) is 103. The number of rotatable bonds is 32. The molecule has 49 heteroatoms. The number of para-hydroxylation sites is 2. The second kappa shape index (κ2) is 56.2. The molecule has 44 nitrogen and oxygen atoms in total. The van der Waals surface area contributed by atoms with Crippen LogP contribution >= 0.6 is 11.6 Å². The van der Waals surface area contributed by atoms with Crippen LogP contribution in [0.25, 0.3) is 0 Å². The zero-order valence-corrected chi connectivity index (χ0v) is 89.9. The van der Waals surface area contributed by atoms with Crippen LogP contribution in [-0.2, 0) is 88.4 Å². The van der Waals surface area contributed by atoms with Gasteiger partial charge in [0.25, 0.3) is 67.7 Å². The van der Waals surface area contributed by atoms with E-state index in [0.29, 0.717) is 90.2 Å². The number of ketones is 1. The maximum atomic E-state index is 13.1. The molecule has 8 aromatic rings. The number of carboxylic acid groups (broad SMARTS) is 1. The molecule has 5 aromatic carbocycles. The Hall–Kier alpha value is -13.6. The Kier molecular flexibility index (Phi) is 47.3. The number of carbonyl (C=O) groups excluding carboxylic acids is 4. The molecule has 4 aliphatic heterocycles. The Morgan fingerprint density at radius 2 is 0.815 bits per heavy atom. The summed E-state index contributed by atoms with van der Waals surface area (Å²) < 4.78 is 127. The van der Waals surface area contributed by atoms with Gasteiger partial charge < -0.3 is 62.3 Å². The molecule has 0 radical (unpaired) electrons. The third-order valence-corrected chi connectivity index (χ3v) is 26.4. The van der Waals surface area contributed by atoms with Gasteiger partial charge >= 0.3 is 17.9 Å². The molecule has 798 valence electrons. The zero-order chi connectivity index (χ0) is 110. The molecule has 14 N–H and O–H groups in total. The summed E-state index contributed by atoms with van der Waals surface area (Å²) in [5.41, 5.74) is 11.3. The number of aromatic nitrogens is 6. The summed E-state index contributed by atoms with van der Waals surface area (Å²) in [7, 11) is -16.2. The van der Waals surface area contributed by atoms with Crippen LogP contribution in [0.5, 0.6) is 17.2 Å². The first-order chi connectivity index (χ1) is 68.2. The number of non-ortho nitro benzene ring substituents is 1. The lowest BCUT2D eigenvalue weighted by molar-refractivity contribution is -0.385. The van der Waals surface area contributed by atoms with E-state index in [9.17, 15) is 97.5 Å². The summed E-state index contributed by atoms with van der Waals surface area (Å²) in [6.45, 7) is 45.7. The highest BCUT2D eigenvalue weighted by Crippen LogP contribution is 2.38. The van der Waals surface area contributed by atoms with Gasteiger partial charge in [-0.05, 0) is 136 Å². The number of Topliss-reactive ketones (excluding diaryl/α,β-unsaturated/α-hetero) is 1. The number of anilines is 5. The number of aliphatic carboxylic acids is 1. The summed E-state index contributed by atoms with van der Waals surface area (Å²) in [5, 5.41) is 79.5. The third-order valence-electron chi connectivity index (χ3n) is 20.8. The summed E-state index contributed by atoms with van der Waals surface area (Å²) in [6.07, 6.45) is 3.83. The molecular formula is C97H135ClN20O24S4. The van der Waals surface area contributed by atoms with E-state index >= 15 is 0 Å². The van der Waals surface area contributed by atoms with E-state index in [1.54, 1.807) is 102 Å². The first kappa shape index (κ1) is 123. The van der Waals surface area contributed by atoms with E-state index in [2.05, 4.69) is 103 Å². The molecule has 0 saturated heterocycles. The molecule has 12 rings (SSSR count). The highest BCUT2D eigenvalue weighted by molar-refractivity contribution is 7.91. The SMILES string of the molecule is CC(C)CCNN.CC(C)CCn1nc(C(C)C)c(O)c(C2=NS(=O)(=O)c3cc(N)ccc3N2)c1=O.CC(C)CCn1nc(C(C)C)c(O)c(C2=NS(=O)(=O)c3cc([N+](=O)[O-])ccc3N2)c1=O.CC(C)CCn1nc(C(C)C)c(O)c(C2=NS(=O)(=O)c3ccccc3N2)c1=O.CCOC(=O)/C(=N\NCCC(C)C)C(C)C.CCOC(=O)C(=O)C(C)C.O=C(Cl)c1ccccc1.O=C(O)CC1=NS(=O)(=O)c2ccccc2N1. The summed E-state index contributed by atoms with van der Waals surface area (Å²) in [6, 6.07) is 28.8. The smallest absolute Gasteiger partial charge is 0.374 e. The van der Waals surface area contributed by atoms with Gasteiger partial charge in [0.05, 0.1) is 40.9 Å². The molecule has 0 fully saturated rings. The largest absolute Gasteiger partial charge is 0.505 e. The fourth-order valence-corrected chi connectivity index (χ4v) is 17.6. The number of hydrogen-bond donors (Lipinski definition) is 12. The second-order valence-electron chi connectivity index (χ2n) is 36.9. The van der Waals surface area contributed by atoms with E-state index < -0.39 is 103 Å². The number of nitrogens with zero attached hydrogens (tertiary/aromatic N) is 12. The normalized spacial score (nSPS) is 14.0. The van der Waals surface area contributed by atoms with Crippen molar-refractivity contribution in [2.45, 2.75) is 248 Å². The average molecular weight is 2130 g/mol. The first-order valence-electron chi connectivity index (χ1n) is 47.1. The lowest BCUT2D eigenvalue weighted by Gasteiger charge is -2.21. The molecule has 0 amide bonds. The number of nitro benzene ring substituents is 1. The minimum Gasteiger partial charge on any atom is -0.505 e. The van der Waals surface area contributed by atoms with E-state index in [1.165, 1.54) is 50.4 Å². The van der Waals surface area contributed by atoms with E-state index in [0.717, 1.165) is 50.4 Å². The van der Waals surface area contributed by atoms with Crippen LogP contribution in [0, 0.1) is 51.5 Å².